The van der Waals surface area contributed by atoms with Gasteiger partial charge < -0.3 is 5.32 Å². The van der Waals surface area contributed by atoms with Crippen LogP contribution in [0.2, 0.25) is 0 Å². The van der Waals surface area contributed by atoms with Crippen molar-refractivity contribution in [2.24, 2.45) is 13.0 Å². The molecule has 0 radical (unpaired) electrons. The van der Waals surface area contributed by atoms with Gasteiger partial charge in [0.1, 0.15) is 4.90 Å². The second kappa shape index (κ2) is 5.70. The van der Waals surface area contributed by atoms with Crippen molar-refractivity contribution in [3.8, 4) is 0 Å². The van der Waals surface area contributed by atoms with E-state index in [1.54, 1.807) is 23.0 Å². The average Bonchev–Trinajstić information content (AvgIpc) is 3.11. The largest absolute Gasteiger partial charge is 0.314 e. The van der Waals surface area contributed by atoms with Crippen molar-refractivity contribution in [2.45, 2.75) is 43.5 Å². The van der Waals surface area contributed by atoms with Crippen molar-refractivity contribution in [2.75, 3.05) is 19.6 Å². The fourth-order valence-corrected chi connectivity index (χ4v) is 5.16. The van der Waals surface area contributed by atoms with Gasteiger partial charge in [-0.15, -0.1) is 0 Å². The number of piperidine rings is 1. The van der Waals surface area contributed by atoms with E-state index in [9.17, 15) is 8.42 Å². The first-order chi connectivity index (χ1) is 10.00. The molecule has 0 aliphatic carbocycles. The highest BCUT2D eigenvalue weighted by atomic mass is 32.2. The molecule has 7 heteroatoms. The van der Waals surface area contributed by atoms with E-state index in [1.165, 1.54) is 19.0 Å². The number of aromatic nitrogens is 2. The van der Waals surface area contributed by atoms with Crippen LogP contribution in [0.3, 0.4) is 0 Å². The van der Waals surface area contributed by atoms with E-state index in [0.717, 1.165) is 19.4 Å². The molecule has 0 aromatic carbocycles. The molecule has 2 saturated heterocycles. The molecular weight excluding hydrogens is 288 g/mol. The van der Waals surface area contributed by atoms with E-state index < -0.39 is 10.0 Å². The third-order valence-corrected chi connectivity index (χ3v) is 6.98. The van der Waals surface area contributed by atoms with Crippen LogP contribution in [0.1, 0.15) is 31.4 Å². The molecule has 1 atom stereocenters. The van der Waals surface area contributed by atoms with Crippen LogP contribution in [0.5, 0.6) is 0 Å². The Morgan fingerprint density at radius 1 is 1.29 bits per heavy atom. The first-order valence-electron chi connectivity index (χ1n) is 7.72. The number of aryl methyl sites for hydroxylation is 1. The van der Waals surface area contributed by atoms with Crippen LogP contribution in [0.4, 0.5) is 0 Å². The van der Waals surface area contributed by atoms with Crippen molar-refractivity contribution in [1.29, 1.82) is 0 Å². The fraction of sp³-hybridized carbons (Fsp3) is 0.786. The maximum absolute atomic E-state index is 12.7. The Bertz CT molecular complexity index is 596. The van der Waals surface area contributed by atoms with Crippen molar-refractivity contribution in [3.05, 3.63) is 11.9 Å². The number of hydrogen-bond acceptors (Lipinski definition) is 4. The van der Waals surface area contributed by atoms with Crippen LogP contribution < -0.4 is 5.32 Å². The SMILES string of the molecule is Cc1c(S(=O)(=O)N2CCC(C3CCCN3)CC2)cnn1C. The van der Waals surface area contributed by atoms with E-state index in [4.69, 9.17) is 0 Å². The Balaban J connectivity index is 1.69. The smallest absolute Gasteiger partial charge is 0.246 e. The quantitative estimate of drug-likeness (QED) is 0.900. The normalized spacial score (nSPS) is 25.5. The summed E-state index contributed by atoms with van der Waals surface area (Å²) in [7, 11) is -1.62. The number of sulfonamides is 1. The average molecular weight is 312 g/mol. The zero-order valence-electron chi connectivity index (χ0n) is 12.7. The molecule has 0 amide bonds. The summed E-state index contributed by atoms with van der Waals surface area (Å²) in [6.07, 6.45) is 5.86. The highest BCUT2D eigenvalue weighted by Gasteiger charge is 2.34. The molecule has 2 aliphatic heterocycles. The van der Waals surface area contributed by atoms with Gasteiger partial charge in [-0.2, -0.15) is 9.40 Å². The van der Waals surface area contributed by atoms with E-state index in [0.29, 0.717) is 35.6 Å². The summed E-state index contributed by atoms with van der Waals surface area (Å²) in [4.78, 5) is 0.349. The molecule has 1 N–H and O–H groups in total. The molecule has 1 aromatic heterocycles. The Morgan fingerprint density at radius 2 is 2.00 bits per heavy atom. The predicted octanol–water partition coefficient (Wildman–Crippen LogP) is 0.881. The summed E-state index contributed by atoms with van der Waals surface area (Å²) >= 11 is 0. The summed E-state index contributed by atoms with van der Waals surface area (Å²) in [6, 6.07) is 0.593. The highest BCUT2D eigenvalue weighted by Crippen LogP contribution is 2.29. The standard InChI is InChI=1S/C14H24N4O2S/c1-11-14(10-16-17(11)2)21(19,20)18-8-5-12(6-9-18)13-4-3-7-15-13/h10,12-13,15H,3-9H2,1-2H3. The second-order valence-electron chi connectivity index (χ2n) is 6.16. The van der Waals surface area contributed by atoms with Crippen molar-refractivity contribution >= 4 is 10.0 Å². The van der Waals surface area contributed by atoms with Crippen molar-refractivity contribution < 1.29 is 8.42 Å². The molecule has 1 unspecified atom stereocenters. The van der Waals surface area contributed by atoms with Crippen LogP contribution in [0.25, 0.3) is 0 Å². The Morgan fingerprint density at radius 3 is 2.52 bits per heavy atom. The molecule has 21 heavy (non-hydrogen) atoms. The van der Waals surface area contributed by atoms with Crippen LogP contribution in [-0.4, -0.2) is 48.2 Å². The number of nitrogens with zero attached hydrogens (tertiary/aromatic N) is 3. The Kier molecular flexibility index (Phi) is 4.07. The van der Waals surface area contributed by atoms with Gasteiger partial charge >= 0.3 is 0 Å². The van der Waals surface area contributed by atoms with Gasteiger partial charge in [-0.05, 0) is 45.1 Å². The van der Waals surface area contributed by atoms with Crippen LogP contribution >= 0.6 is 0 Å². The third-order valence-electron chi connectivity index (χ3n) is 4.97. The van der Waals surface area contributed by atoms with Gasteiger partial charge in [-0.1, -0.05) is 0 Å². The van der Waals surface area contributed by atoms with Gasteiger partial charge in [0, 0.05) is 26.2 Å². The minimum absolute atomic E-state index is 0.349. The zero-order chi connectivity index (χ0) is 15.0. The maximum Gasteiger partial charge on any atom is 0.246 e. The fourth-order valence-electron chi connectivity index (χ4n) is 3.50. The minimum atomic E-state index is -3.39. The molecule has 3 heterocycles. The highest BCUT2D eigenvalue weighted by molar-refractivity contribution is 7.89. The Labute approximate surface area is 126 Å². The van der Waals surface area contributed by atoms with E-state index in [2.05, 4.69) is 10.4 Å². The minimum Gasteiger partial charge on any atom is -0.314 e. The summed E-state index contributed by atoms with van der Waals surface area (Å²) < 4.78 is 28.7. The summed E-state index contributed by atoms with van der Waals surface area (Å²) in [6.45, 7) is 4.16. The predicted molar refractivity (Wildman–Crippen MR) is 80.5 cm³/mol. The number of rotatable bonds is 3. The van der Waals surface area contributed by atoms with Crippen molar-refractivity contribution in [1.82, 2.24) is 19.4 Å². The Hall–Kier alpha value is -0.920. The molecule has 0 saturated carbocycles. The number of hydrogen-bond donors (Lipinski definition) is 1. The molecule has 6 nitrogen and oxygen atoms in total. The molecule has 0 spiro atoms. The monoisotopic (exact) mass is 312 g/mol. The lowest BCUT2D eigenvalue weighted by Gasteiger charge is -2.34. The molecule has 2 fully saturated rings. The molecule has 2 aliphatic rings. The molecule has 3 rings (SSSR count). The first kappa shape index (κ1) is 15.0. The van der Waals surface area contributed by atoms with Gasteiger partial charge in [-0.25, -0.2) is 8.42 Å². The second-order valence-corrected chi connectivity index (χ2v) is 8.07. The van der Waals surface area contributed by atoms with E-state index in [1.807, 2.05) is 0 Å². The lowest BCUT2D eigenvalue weighted by Crippen LogP contribution is -2.43. The number of nitrogens with one attached hydrogen (secondary N) is 1. The van der Waals surface area contributed by atoms with Gasteiger partial charge in [0.2, 0.25) is 10.0 Å². The van der Waals surface area contributed by atoms with Gasteiger partial charge in [0.25, 0.3) is 0 Å². The zero-order valence-corrected chi connectivity index (χ0v) is 13.6. The van der Waals surface area contributed by atoms with Crippen LogP contribution in [0.15, 0.2) is 11.1 Å². The summed E-state index contributed by atoms with van der Waals surface area (Å²) in [5.41, 5.74) is 0.703. The molecule has 1 aromatic rings. The van der Waals surface area contributed by atoms with Crippen LogP contribution in [0, 0.1) is 12.8 Å². The topological polar surface area (TPSA) is 67.2 Å². The summed E-state index contributed by atoms with van der Waals surface area (Å²) in [5, 5.41) is 7.60. The van der Waals surface area contributed by atoms with Crippen molar-refractivity contribution in [3.63, 3.8) is 0 Å². The third kappa shape index (κ3) is 2.74. The van der Waals surface area contributed by atoms with E-state index in [-0.39, 0.29) is 0 Å². The van der Waals surface area contributed by atoms with Gasteiger partial charge in [0.05, 0.1) is 11.9 Å². The van der Waals surface area contributed by atoms with Gasteiger partial charge in [0.15, 0.2) is 0 Å². The lowest BCUT2D eigenvalue weighted by molar-refractivity contribution is 0.234. The van der Waals surface area contributed by atoms with Crippen LogP contribution in [-0.2, 0) is 17.1 Å². The summed E-state index contributed by atoms with van der Waals surface area (Å²) in [5.74, 6) is 0.619. The van der Waals surface area contributed by atoms with E-state index >= 15 is 0 Å². The molecule has 0 bridgehead atoms. The molecular formula is C14H24N4O2S. The lowest BCUT2D eigenvalue weighted by atomic mass is 9.89. The van der Waals surface area contributed by atoms with Gasteiger partial charge in [-0.3, -0.25) is 4.68 Å². The molecule has 118 valence electrons. The maximum atomic E-state index is 12.7. The first-order valence-corrected chi connectivity index (χ1v) is 9.16.